The van der Waals surface area contributed by atoms with Gasteiger partial charge in [0.05, 0.1) is 12.8 Å². The molecule has 3 amide bonds. The minimum Gasteiger partial charge on any atom is -0.459 e. The molecule has 0 atom stereocenters. The Balaban J connectivity index is 1.67. The maximum Gasteiger partial charge on any atom is 0.286 e. The molecule has 0 spiro atoms. The Morgan fingerprint density at radius 2 is 1.80 bits per heavy atom. The Morgan fingerprint density at radius 3 is 2.52 bits per heavy atom. The Kier molecular flexibility index (Phi) is 6.76. The molecule has 2 aromatic rings. The molecule has 7 nitrogen and oxygen atoms in total. The molecule has 0 unspecified atom stereocenters. The van der Waals surface area contributed by atoms with Gasteiger partial charge < -0.3 is 20.4 Å². The second-order valence-corrected chi connectivity index (χ2v) is 5.32. The number of benzene rings is 1. The number of hydrogen-bond acceptors (Lipinski definition) is 4. The fourth-order valence-electron chi connectivity index (χ4n) is 2.20. The summed E-state index contributed by atoms with van der Waals surface area (Å²) in [5.74, 6) is -0.811. The van der Waals surface area contributed by atoms with Gasteiger partial charge in [0.2, 0.25) is 11.8 Å². The van der Waals surface area contributed by atoms with Gasteiger partial charge in [-0.05, 0) is 30.2 Å². The SMILES string of the molecule is CCc1ccccc1NC(=O)CNC(=O)CCNC(=O)c1ccco1. The number of hydrogen-bond donors (Lipinski definition) is 3. The van der Waals surface area contributed by atoms with E-state index in [0.29, 0.717) is 0 Å². The summed E-state index contributed by atoms with van der Waals surface area (Å²) < 4.78 is 4.94. The number of rotatable bonds is 8. The summed E-state index contributed by atoms with van der Waals surface area (Å²) in [5.41, 5.74) is 1.78. The highest BCUT2D eigenvalue weighted by Crippen LogP contribution is 2.14. The van der Waals surface area contributed by atoms with Gasteiger partial charge in [-0.25, -0.2) is 0 Å². The molecule has 1 aromatic heterocycles. The van der Waals surface area contributed by atoms with Gasteiger partial charge >= 0.3 is 0 Å². The largest absolute Gasteiger partial charge is 0.459 e. The minimum atomic E-state index is -0.383. The maximum absolute atomic E-state index is 11.9. The van der Waals surface area contributed by atoms with E-state index < -0.39 is 0 Å². The molecular formula is C18H21N3O4. The molecule has 1 heterocycles. The van der Waals surface area contributed by atoms with Crippen LogP contribution in [0.4, 0.5) is 5.69 Å². The van der Waals surface area contributed by atoms with E-state index in [1.165, 1.54) is 12.3 Å². The van der Waals surface area contributed by atoms with Crippen LogP contribution in [-0.2, 0) is 16.0 Å². The smallest absolute Gasteiger partial charge is 0.286 e. The maximum atomic E-state index is 11.9. The van der Waals surface area contributed by atoms with E-state index in [-0.39, 0.29) is 43.0 Å². The summed E-state index contributed by atoms with van der Waals surface area (Å²) >= 11 is 0. The van der Waals surface area contributed by atoms with Crippen LogP contribution in [0, 0.1) is 0 Å². The van der Waals surface area contributed by atoms with E-state index in [1.807, 2.05) is 31.2 Å². The van der Waals surface area contributed by atoms with Gasteiger partial charge in [0, 0.05) is 18.7 Å². The molecule has 0 saturated carbocycles. The lowest BCUT2D eigenvalue weighted by atomic mass is 10.1. The number of anilines is 1. The molecule has 0 fully saturated rings. The van der Waals surface area contributed by atoms with E-state index in [9.17, 15) is 14.4 Å². The Labute approximate surface area is 145 Å². The van der Waals surface area contributed by atoms with Gasteiger partial charge in [-0.2, -0.15) is 0 Å². The van der Waals surface area contributed by atoms with Crippen molar-refractivity contribution in [2.75, 3.05) is 18.4 Å². The Morgan fingerprint density at radius 1 is 1.00 bits per heavy atom. The number of para-hydroxylation sites is 1. The highest BCUT2D eigenvalue weighted by molar-refractivity contribution is 5.95. The van der Waals surface area contributed by atoms with Gasteiger partial charge in [-0.3, -0.25) is 14.4 Å². The van der Waals surface area contributed by atoms with Crippen molar-refractivity contribution in [3.05, 3.63) is 54.0 Å². The van der Waals surface area contributed by atoms with Crippen LogP contribution in [0.15, 0.2) is 47.1 Å². The lowest BCUT2D eigenvalue weighted by Gasteiger charge is -2.10. The average Bonchev–Trinajstić information content (AvgIpc) is 3.15. The Hall–Kier alpha value is -3.09. The van der Waals surface area contributed by atoms with Gasteiger partial charge in [0.25, 0.3) is 5.91 Å². The lowest BCUT2D eigenvalue weighted by Crippen LogP contribution is -2.35. The van der Waals surface area contributed by atoms with Crippen LogP contribution in [0.1, 0.15) is 29.5 Å². The van der Waals surface area contributed by atoms with Crippen molar-refractivity contribution in [3.63, 3.8) is 0 Å². The quantitative estimate of drug-likeness (QED) is 0.679. The molecule has 3 N–H and O–H groups in total. The van der Waals surface area contributed by atoms with Crippen LogP contribution in [0.25, 0.3) is 0 Å². The second kappa shape index (κ2) is 9.27. The molecule has 0 bridgehead atoms. The molecular weight excluding hydrogens is 322 g/mol. The van der Waals surface area contributed by atoms with Crippen LogP contribution in [0.5, 0.6) is 0 Å². The molecule has 25 heavy (non-hydrogen) atoms. The number of carbonyl (C=O) groups excluding carboxylic acids is 3. The van der Waals surface area contributed by atoms with Crippen LogP contribution in [-0.4, -0.2) is 30.8 Å². The van der Waals surface area contributed by atoms with E-state index in [0.717, 1.165) is 17.7 Å². The van der Waals surface area contributed by atoms with Crippen molar-refractivity contribution in [3.8, 4) is 0 Å². The monoisotopic (exact) mass is 343 g/mol. The topological polar surface area (TPSA) is 100 Å². The van der Waals surface area contributed by atoms with Crippen molar-refractivity contribution < 1.29 is 18.8 Å². The third-order valence-electron chi connectivity index (χ3n) is 3.50. The third-order valence-corrected chi connectivity index (χ3v) is 3.50. The van der Waals surface area contributed by atoms with Crippen molar-refractivity contribution in [2.45, 2.75) is 19.8 Å². The number of amides is 3. The van der Waals surface area contributed by atoms with Crippen LogP contribution < -0.4 is 16.0 Å². The molecule has 1 aromatic carbocycles. The molecule has 132 valence electrons. The first kappa shape index (κ1) is 18.3. The molecule has 0 saturated heterocycles. The predicted octanol–water partition coefficient (Wildman–Crippen LogP) is 1.72. The van der Waals surface area contributed by atoms with Crippen molar-refractivity contribution in [2.24, 2.45) is 0 Å². The summed E-state index contributed by atoms with van der Waals surface area (Å²) in [6, 6.07) is 10.7. The molecule has 2 rings (SSSR count). The molecule has 0 aliphatic carbocycles. The number of aryl methyl sites for hydroxylation is 1. The first-order valence-electron chi connectivity index (χ1n) is 8.06. The lowest BCUT2D eigenvalue weighted by molar-refractivity contribution is -0.124. The van der Waals surface area contributed by atoms with Crippen molar-refractivity contribution in [1.29, 1.82) is 0 Å². The van der Waals surface area contributed by atoms with Crippen molar-refractivity contribution in [1.82, 2.24) is 10.6 Å². The number of carbonyl (C=O) groups is 3. The summed E-state index contributed by atoms with van der Waals surface area (Å²) in [4.78, 5) is 35.3. The fourth-order valence-corrected chi connectivity index (χ4v) is 2.20. The van der Waals surface area contributed by atoms with Crippen molar-refractivity contribution >= 4 is 23.4 Å². The predicted molar refractivity (Wildman–Crippen MR) is 93.1 cm³/mol. The summed E-state index contributed by atoms with van der Waals surface area (Å²) in [7, 11) is 0. The second-order valence-electron chi connectivity index (χ2n) is 5.32. The number of furan rings is 1. The average molecular weight is 343 g/mol. The highest BCUT2D eigenvalue weighted by Gasteiger charge is 2.10. The molecule has 0 aliphatic heterocycles. The molecule has 0 aliphatic rings. The molecule has 7 heteroatoms. The summed E-state index contributed by atoms with van der Waals surface area (Å²) in [6.07, 6.45) is 2.28. The van der Waals surface area contributed by atoms with Crippen LogP contribution >= 0.6 is 0 Å². The third kappa shape index (κ3) is 5.80. The fraction of sp³-hybridized carbons (Fsp3) is 0.278. The van der Waals surface area contributed by atoms with E-state index in [2.05, 4.69) is 16.0 Å². The zero-order valence-corrected chi connectivity index (χ0v) is 14.0. The summed E-state index contributed by atoms with van der Waals surface area (Å²) in [5, 5.41) is 7.86. The summed E-state index contributed by atoms with van der Waals surface area (Å²) in [6.45, 7) is 2.04. The minimum absolute atomic E-state index is 0.0747. The Bertz CT molecular complexity index is 726. The first-order valence-corrected chi connectivity index (χ1v) is 8.06. The van der Waals surface area contributed by atoms with Gasteiger partial charge in [0.1, 0.15) is 0 Å². The van der Waals surface area contributed by atoms with Gasteiger partial charge in [0.15, 0.2) is 5.76 Å². The van der Waals surface area contributed by atoms with E-state index in [4.69, 9.17) is 4.42 Å². The van der Waals surface area contributed by atoms with Gasteiger partial charge in [-0.1, -0.05) is 25.1 Å². The highest BCUT2D eigenvalue weighted by atomic mass is 16.3. The van der Waals surface area contributed by atoms with Crippen LogP contribution in [0.2, 0.25) is 0 Å². The number of nitrogens with one attached hydrogen (secondary N) is 3. The van der Waals surface area contributed by atoms with E-state index >= 15 is 0 Å². The van der Waals surface area contributed by atoms with Crippen LogP contribution in [0.3, 0.4) is 0 Å². The normalized spacial score (nSPS) is 10.1. The zero-order valence-electron chi connectivity index (χ0n) is 14.0. The van der Waals surface area contributed by atoms with Gasteiger partial charge in [-0.15, -0.1) is 0 Å². The molecule has 0 radical (unpaired) electrons. The first-order chi connectivity index (χ1) is 12.1. The van der Waals surface area contributed by atoms with E-state index in [1.54, 1.807) is 6.07 Å². The standard InChI is InChI=1S/C18H21N3O4/c1-2-13-6-3-4-7-14(13)21-17(23)12-20-16(22)9-10-19-18(24)15-8-5-11-25-15/h3-8,11H,2,9-10,12H2,1H3,(H,19,24)(H,20,22)(H,21,23). The zero-order chi connectivity index (χ0) is 18.1.